The van der Waals surface area contributed by atoms with Crippen molar-refractivity contribution < 1.29 is 4.79 Å². The second-order valence-electron chi connectivity index (χ2n) is 4.51. The number of benzene rings is 1. The summed E-state index contributed by atoms with van der Waals surface area (Å²) in [5.41, 5.74) is 7.50. The van der Waals surface area contributed by atoms with Gasteiger partial charge in [0.25, 0.3) is 5.91 Å². The van der Waals surface area contributed by atoms with Crippen LogP contribution in [0.5, 0.6) is 0 Å². The molecule has 3 rings (SSSR count). The van der Waals surface area contributed by atoms with E-state index in [-0.39, 0.29) is 5.91 Å². The molecule has 1 aliphatic carbocycles. The zero-order chi connectivity index (χ0) is 13.4. The number of nitrogen functional groups attached to an aromatic ring is 1. The number of carbonyl (C=O) groups excluding carboxylic acids is 1. The predicted octanol–water partition coefficient (Wildman–Crippen LogP) is 3.51. The monoisotopic (exact) mass is 293 g/mol. The highest BCUT2D eigenvalue weighted by molar-refractivity contribution is 7.14. The van der Waals surface area contributed by atoms with Crippen LogP contribution in [0.2, 0.25) is 5.02 Å². The summed E-state index contributed by atoms with van der Waals surface area (Å²) >= 11 is 7.42. The number of hydrogen-bond acceptors (Lipinski definition) is 4. The van der Waals surface area contributed by atoms with Gasteiger partial charge in [-0.25, -0.2) is 4.98 Å². The summed E-state index contributed by atoms with van der Waals surface area (Å²) in [6.07, 6.45) is 2.38. The molecule has 2 aromatic rings. The lowest BCUT2D eigenvalue weighted by atomic mass is 10.1. The molecule has 0 aliphatic heterocycles. The fourth-order valence-electron chi connectivity index (χ4n) is 1.85. The third-order valence-electron chi connectivity index (χ3n) is 3.01. The minimum absolute atomic E-state index is 0.298. The van der Waals surface area contributed by atoms with Crippen molar-refractivity contribution in [2.75, 3.05) is 11.1 Å². The fourth-order valence-corrected chi connectivity index (χ4v) is 2.91. The molecule has 3 N–H and O–H groups in total. The van der Waals surface area contributed by atoms with Gasteiger partial charge in [0, 0.05) is 17.0 Å². The molecule has 1 heterocycles. The molecule has 0 radical (unpaired) electrons. The predicted molar refractivity (Wildman–Crippen MR) is 77.9 cm³/mol. The highest BCUT2D eigenvalue weighted by Gasteiger charge is 2.26. The molecule has 1 fully saturated rings. The third kappa shape index (κ3) is 2.57. The van der Waals surface area contributed by atoms with Gasteiger partial charge in [0.05, 0.1) is 16.3 Å². The minimum atomic E-state index is -0.320. The number of rotatable bonds is 3. The maximum atomic E-state index is 12.1. The van der Waals surface area contributed by atoms with Gasteiger partial charge in [-0.3, -0.25) is 10.1 Å². The number of carbonyl (C=O) groups is 1. The number of hydrogen-bond donors (Lipinski definition) is 2. The van der Waals surface area contributed by atoms with E-state index >= 15 is 0 Å². The van der Waals surface area contributed by atoms with Crippen molar-refractivity contribution in [3.63, 3.8) is 0 Å². The van der Waals surface area contributed by atoms with Crippen molar-refractivity contribution >= 4 is 39.7 Å². The zero-order valence-corrected chi connectivity index (χ0v) is 11.6. The Balaban J connectivity index is 1.80. The lowest BCUT2D eigenvalue weighted by molar-refractivity contribution is 0.102. The van der Waals surface area contributed by atoms with Crippen LogP contribution in [-0.2, 0) is 0 Å². The zero-order valence-electron chi connectivity index (χ0n) is 10.0. The molecule has 0 atom stereocenters. The summed E-state index contributed by atoms with van der Waals surface area (Å²) in [6.45, 7) is 0. The Morgan fingerprint density at radius 3 is 2.95 bits per heavy atom. The molecule has 1 saturated carbocycles. The Morgan fingerprint density at radius 2 is 2.26 bits per heavy atom. The summed E-state index contributed by atoms with van der Waals surface area (Å²) in [4.78, 5) is 16.5. The van der Waals surface area contributed by atoms with Crippen molar-refractivity contribution in [2.45, 2.75) is 18.8 Å². The molecular formula is C13H12ClN3OS. The van der Waals surface area contributed by atoms with Crippen LogP contribution in [0.1, 0.15) is 34.8 Å². The van der Waals surface area contributed by atoms with Gasteiger partial charge in [-0.2, -0.15) is 0 Å². The van der Waals surface area contributed by atoms with Gasteiger partial charge in [-0.05, 0) is 25.0 Å². The van der Waals surface area contributed by atoms with Gasteiger partial charge in [0.15, 0.2) is 5.13 Å². The van der Waals surface area contributed by atoms with E-state index in [2.05, 4.69) is 10.3 Å². The van der Waals surface area contributed by atoms with Gasteiger partial charge in [-0.1, -0.05) is 17.7 Å². The molecule has 1 aromatic carbocycles. The number of nitrogens with one attached hydrogen (secondary N) is 1. The van der Waals surface area contributed by atoms with Crippen LogP contribution in [0, 0.1) is 0 Å². The molecule has 0 bridgehead atoms. The topological polar surface area (TPSA) is 68.0 Å². The highest BCUT2D eigenvalue weighted by Crippen LogP contribution is 2.41. The lowest BCUT2D eigenvalue weighted by Gasteiger charge is -2.06. The largest absolute Gasteiger partial charge is 0.398 e. The molecule has 1 amide bonds. The fraction of sp³-hybridized carbons (Fsp3) is 0.231. The lowest BCUT2D eigenvalue weighted by Crippen LogP contribution is -2.14. The number of amides is 1. The first-order valence-electron chi connectivity index (χ1n) is 5.96. The molecule has 98 valence electrons. The van der Waals surface area contributed by atoms with Crippen molar-refractivity contribution in [1.29, 1.82) is 0 Å². The molecule has 1 aliphatic rings. The SMILES string of the molecule is Nc1cccc(Cl)c1C(=O)Nc1nc(C2CC2)cs1. The summed E-state index contributed by atoms with van der Waals surface area (Å²) < 4.78 is 0. The average Bonchev–Trinajstić information content (AvgIpc) is 3.10. The van der Waals surface area contributed by atoms with Gasteiger partial charge in [-0.15, -0.1) is 11.3 Å². The van der Waals surface area contributed by atoms with Crippen LogP contribution in [0.3, 0.4) is 0 Å². The van der Waals surface area contributed by atoms with E-state index in [1.165, 1.54) is 24.2 Å². The molecule has 1 aromatic heterocycles. The van der Waals surface area contributed by atoms with E-state index in [9.17, 15) is 4.79 Å². The van der Waals surface area contributed by atoms with E-state index in [1.807, 2.05) is 5.38 Å². The number of anilines is 2. The summed E-state index contributed by atoms with van der Waals surface area (Å²) in [7, 11) is 0. The maximum absolute atomic E-state index is 12.1. The van der Waals surface area contributed by atoms with Crippen molar-refractivity contribution in [1.82, 2.24) is 4.98 Å². The van der Waals surface area contributed by atoms with Gasteiger partial charge < -0.3 is 5.73 Å². The Labute approximate surface area is 119 Å². The minimum Gasteiger partial charge on any atom is -0.398 e. The summed E-state index contributed by atoms with van der Waals surface area (Å²) in [5, 5.41) is 5.67. The van der Waals surface area contributed by atoms with E-state index < -0.39 is 0 Å². The first kappa shape index (κ1) is 12.4. The molecule has 6 heteroatoms. The maximum Gasteiger partial charge on any atom is 0.261 e. The highest BCUT2D eigenvalue weighted by atomic mass is 35.5. The Hall–Kier alpha value is -1.59. The van der Waals surface area contributed by atoms with E-state index in [0.29, 0.717) is 27.3 Å². The average molecular weight is 294 g/mol. The van der Waals surface area contributed by atoms with Crippen LogP contribution in [0.4, 0.5) is 10.8 Å². The molecule has 0 saturated heterocycles. The first-order valence-corrected chi connectivity index (χ1v) is 7.21. The normalized spacial score (nSPS) is 14.4. The summed E-state index contributed by atoms with van der Waals surface area (Å²) in [6, 6.07) is 5.01. The number of halogens is 1. The van der Waals surface area contributed by atoms with Crippen molar-refractivity contribution in [2.24, 2.45) is 0 Å². The third-order valence-corrected chi connectivity index (χ3v) is 4.10. The molecule has 0 spiro atoms. The number of nitrogens with zero attached hydrogens (tertiary/aromatic N) is 1. The number of nitrogens with two attached hydrogens (primary N) is 1. The summed E-state index contributed by atoms with van der Waals surface area (Å²) in [5.74, 6) is 0.257. The van der Waals surface area contributed by atoms with Gasteiger partial charge >= 0.3 is 0 Å². The van der Waals surface area contributed by atoms with Crippen molar-refractivity contribution in [3.05, 3.63) is 39.9 Å². The second kappa shape index (κ2) is 4.83. The van der Waals surface area contributed by atoms with Crippen LogP contribution >= 0.6 is 22.9 Å². The first-order chi connectivity index (χ1) is 9.15. The van der Waals surface area contributed by atoms with E-state index in [1.54, 1.807) is 18.2 Å². The number of aromatic nitrogens is 1. The Kier molecular flexibility index (Phi) is 3.16. The Morgan fingerprint density at radius 1 is 1.47 bits per heavy atom. The van der Waals surface area contributed by atoms with Crippen LogP contribution in [0.15, 0.2) is 23.6 Å². The van der Waals surface area contributed by atoms with Crippen LogP contribution < -0.4 is 11.1 Å². The van der Waals surface area contributed by atoms with Crippen LogP contribution in [0.25, 0.3) is 0 Å². The van der Waals surface area contributed by atoms with Crippen LogP contribution in [-0.4, -0.2) is 10.9 Å². The smallest absolute Gasteiger partial charge is 0.261 e. The van der Waals surface area contributed by atoms with Gasteiger partial charge in [0.1, 0.15) is 0 Å². The van der Waals surface area contributed by atoms with E-state index in [4.69, 9.17) is 17.3 Å². The van der Waals surface area contributed by atoms with Crippen molar-refractivity contribution in [3.8, 4) is 0 Å². The van der Waals surface area contributed by atoms with E-state index in [0.717, 1.165) is 5.69 Å². The molecular weight excluding hydrogens is 282 g/mol. The quantitative estimate of drug-likeness (QED) is 0.851. The molecule has 19 heavy (non-hydrogen) atoms. The Bertz CT molecular complexity index is 616. The second-order valence-corrected chi connectivity index (χ2v) is 5.78. The molecule has 4 nitrogen and oxygen atoms in total. The number of thiazole rings is 1. The standard InChI is InChI=1S/C13H12ClN3OS/c14-8-2-1-3-9(15)11(8)12(18)17-13-16-10(6-19-13)7-4-5-7/h1-3,6-7H,4-5,15H2,(H,16,17,18). The van der Waals surface area contributed by atoms with Gasteiger partial charge in [0.2, 0.25) is 0 Å². The molecule has 0 unspecified atom stereocenters.